The molecular weight excluding hydrogens is 585 g/mol. The highest BCUT2D eigenvalue weighted by Gasteiger charge is 2.25. The number of halogens is 4. The number of aromatic nitrogens is 2. The SMILES string of the molecule is CC(=O)N(CC(=O)N(C)c1ccc(Cl)c(COc2cccn3c(Br)c(C)nc23)c1Cl)C(=O)CN.Cl. The Morgan fingerprint density at radius 2 is 1.89 bits per heavy atom. The molecule has 0 saturated heterocycles. The number of pyridine rings is 1. The van der Waals surface area contributed by atoms with Crippen molar-refractivity contribution >= 4 is 80.6 Å². The molecule has 0 atom stereocenters. The maximum atomic E-state index is 12.8. The number of ether oxygens (including phenoxy) is 1. The zero-order valence-electron chi connectivity index (χ0n) is 19.0. The van der Waals surface area contributed by atoms with Gasteiger partial charge in [-0.2, -0.15) is 0 Å². The van der Waals surface area contributed by atoms with E-state index in [1.165, 1.54) is 18.9 Å². The van der Waals surface area contributed by atoms with Crippen LogP contribution in [0.4, 0.5) is 5.69 Å². The molecule has 2 aromatic heterocycles. The topological polar surface area (TPSA) is 110 Å². The summed E-state index contributed by atoms with van der Waals surface area (Å²) in [7, 11) is 1.49. The highest BCUT2D eigenvalue weighted by Crippen LogP contribution is 2.35. The molecule has 9 nitrogen and oxygen atoms in total. The van der Waals surface area contributed by atoms with Crippen LogP contribution in [-0.2, 0) is 21.0 Å². The minimum absolute atomic E-state index is 0. The number of imide groups is 1. The third kappa shape index (κ3) is 6.07. The van der Waals surface area contributed by atoms with Crippen LogP contribution >= 0.6 is 51.5 Å². The summed E-state index contributed by atoms with van der Waals surface area (Å²) in [6.45, 7) is 2.22. The van der Waals surface area contributed by atoms with E-state index in [0.29, 0.717) is 27.7 Å². The van der Waals surface area contributed by atoms with Crippen molar-refractivity contribution in [1.29, 1.82) is 0 Å². The van der Waals surface area contributed by atoms with Crippen molar-refractivity contribution in [3.8, 4) is 5.75 Å². The number of nitrogens with two attached hydrogens (primary N) is 1. The van der Waals surface area contributed by atoms with Crippen molar-refractivity contribution in [3.05, 3.63) is 56.4 Å². The van der Waals surface area contributed by atoms with Gasteiger partial charge in [-0.1, -0.05) is 23.2 Å². The van der Waals surface area contributed by atoms with Crippen LogP contribution in [0, 0.1) is 6.92 Å². The van der Waals surface area contributed by atoms with Crippen LogP contribution in [0.3, 0.4) is 0 Å². The summed E-state index contributed by atoms with van der Waals surface area (Å²) in [5.74, 6) is -1.24. The molecule has 3 aromatic rings. The minimum Gasteiger partial charge on any atom is -0.485 e. The first-order chi connectivity index (χ1) is 16.1. The molecule has 0 spiro atoms. The lowest BCUT2D eigenvalue weighted by Gasteiger charge is -2.24. The number of hydrogen-bond donors (Lipinski definition) is 1. The maximum Gasteiger partial charge on any atom is 0.246 e. The van der Waals surface area contributed by atoms with E-state index in [4.69, 9.17) is 33.7 Å². The molecule has 0 radical (unpaired) electrons. The Balaban J connectivity index is 0.00000432. The Hall–Kier alpha value is -2.37. The molecule has 0 aliphatic rings. The molecular formula is C22H23BrCl3N5O4. The fraction of sp³-hybridized carbons (Fsp3) is 0.273. The van der Waals surface area contributed by atoms with Gasteiger partial charge in [0.05, 0.1) is 22.9 Å². The van der Waals surface area contributed by atoms with Gasteiger partial charge in [-0.25, -0.2) is 4.98 Å². The predicted octanol–water partition coefficient (Wildman–Crippen LogP) is 4.01. The molecule has 3 rings (SSSR count). The second kappa shape index (κ2) is 12.0. The number of amides is 3. The van der Waals surface area contributed by atoms with E-state index < -0.39 is 24.3 Å². The minimum atomic E-state index is -0.652. The summed E-state index contributed by atoms with van der Waals surface area (Å²) in [5, 5.41) is 0.557. The molecule has 188 valence electrons. The maximum absolute atomic E-state index is 12.8. The fourth-order valence-corrected chi connectivity index (χ4v) is 4.21. The van der Waals surface area contributed by atoms with Gasteiger partial charge in [0.15, 0.2) is 11.4 Å². The van der Waals surface area contributed by atoms with Crippen LogP contribution in [0.1, 0.15) is 18.2 Å². The summed E-state index contributed by atoms with van der Waals surface area (Å²) < 4.78 is 8.65. The highest BCUT2D eigenvalue weighted by atomic mass is 79.9. The van der Waals surface area contributed by atoms with Crippen LogP contribution in [0.25, 0.3) is 5.65 Å². The highest BCUT2D eigenvalue weighted by molar-refractivity contribution is 9.10. The molecule has 35 heavy (non-hydrogen) atoms. The number of imidazole rings is 1. The number of carbonyl (C=O) groups is 3. The monoisotopic (exact) mass is 605 g/mol. The van der Waals surface area contributed by atoms with Crippen LogP contribution in [0.15, 0.2) is 35.1 Å². The summed E-state index contributed by atoms with van der Waals surface area (Å²) in [6.07, 6.45) is 1.85. The van der Waals surface area contributed by atoms with Crippen molar-refractivity contribution < 1.29 is 19.1 Å². The van der Waals surface area contributed by atoms with Crippen LogP contribution in [0.2, 0.25) is 10.0 Å². The first-order valence-corrected chi connectivity index (χ1v) is 11.6. The van der Waals surface area contributed by atoms with Crippen LogP contribution < -0.4 is 15.4 Å². The lowest BCUT2D eigenvalue weighted by atomic mass is 10.2. The van der Waals surface area contributed by atoms with Gasteiger partial charge >= 0.3 is 0 Å². The lowest BCUT2D eigenvalue weighted by molar-refractivity contribution is -0.145. The predicted molar refractivity (Wildman–Crippen MR) is 141 cm³/mol. The zero-order chi connectivity index (χ0) is 25.2. The van der Waals surface area contributed by atoms with Crippen molar-refractivity contribution in [3.63, 3.8) is 0 Å². The Morgan fingerprint density at radius 3 is 2.51 bits per heavy atom. The average Bonchev–Trinajstić information content (AvgIpc) is 3.10. The van der Waals surface area contributed by atoms with E-state index in [0.717, 1.165) is 15.2 Å². The van der Waals surface area contributed by atoms with Gasteiger partial charge in [0.2, 0.25) is 17.7 Å². The largest absolute Gasteiger partial charge is 0.485 e. The number of anilines is 1. The summed E-state index contributed by atoms with van der Waals surface area (Å²) in [4.78, 5) is 43.0. The van der Waals surface area contributed by atoms with Gasteiger partial charge in [-0.15, -0.1) is 12.4 Å². The molecule has 13 heteroatoms. The Bertz CT molecular complexity index is 1280. The summed E-state index contributed by atoms with van der Waals surface area (Å²) in [6, 6.07) is 6.77. The van der Waals surface area contributed by atoms with Gasteiger partial charge in [-0.05, 0) is 47.1 Å². The Labute approximate surface area is 226 Å². The summed E-state index contributed by atoms with van der Waals surface area (Å²) >= 11 is 16.5. The third-order valence-electron chi connectivity index (χ3n) is 5.14. The van der Waals surface area contributed by atoms with Crippen LogP contribution in [-0.4, -0.2) is 52.1 Å². The number of nitrogens with zero attached hydrogens (tertiary/aromatic N) is 4. The normalized spacial score (nSPS) is 10.6. The Kier molecular flexibility index (Phi) is 9.94. The standard InChI is InChI=1S/C22H22BrCl2N5O4.ClH/c1-12-21(23)29-8-4-5-17(22(29)27-12)34-11-14-15(24)6-7-16(20(14)25)28(3)19(33)10-30(13(2)31)18(32)9-26;/h4-8H,9-11,26H2,1-3H3;1H. The molecule has 3 amide bonds. The van der Waals surface area contributed by atoms with E-state index in [9.17, 15) is 14.4 Å². The second-order valence-electron chi connectivity index (χ2n) is 7.36. The van der Waals surface area contributed by atoms with Gasteiger partial charge in [0, 0.05) is 30.8 Å². The fourth-order valence-electron chi connectivity index (χ4n) is 3.23. The third-order valence-corrected chi connectivity index (χ3v) is 6.87. The Morgan fingerprint density at radius 1 is 1.20 bits per heavy atom. The molecule has 1 aromatic carbocycles. The van der Waals surface area contributed by atoms with Crippen molar-refractivity contribution in [2.24, 2.45) is 5.73 Å². The van der Waals surface area contributed by atoms with Crippen molar-refractivity contribution in [1.82, 2.24) is 14.3 Å². The average molecular weight is 608 g/mol. The number of hydrogen-bond acceptors (Lipinski definition) is 6. The first kappa shape index (κ1) is 28.9. The molecule has 0 bridgehead atoms. The first-order valence-electron chi connectivity index (χ1n) is 10.1. The molecule has 0 aliphatic carbocycles. The number of rotatable bonds is 7. The molecule has 2 heterocycles. The molecule has 0 saturated carbocycles. The van der Waals surface area contributed by atoms with Gasteiger partial charge < -0.3 is 15.4 Å². The smallest absolute Gasteiger partial charge is 0.246 e. The molecule has 2 N–H and O–H groups in total. The number of benzene rings is 1. The number of likely N-dealkylation sites (N-methyl/N-ethyl adjacent to an activating group) is 1. The van der Waals surface area contributed by atoms with Crippen molar-refractivity contribution in [2.45, 2.75) is 20.5 Å². The molecule has 0 unspecified atom stereocenters. The van der Waals surface area contributed by atoms with Gasteiger partial charge in [0.25, 0.3) is 0 Å². The van der Waals surface area contributed by atoms with Crippen molar-refractivity contribution in [2.75, 3.05) is 25.0 Å². The number of carbonyl (C=O) groups excluding carboxylic acids is 3. The molecule has 0 aliphatic heterocycles. The zero-order valence-corrected chi connectivity index (χ0v) is 23.0. The lowest BCUT2D eigenvalue weighted by Crippen LogP contribution is -2.46. The van der Waals surface area contributed by atoms with Crippen LogP contribution in [0.5, 0.6) is 5.75 Å². The van der Waals surface area contributed by atoms with Gasteiger partial charge in [-0.3, -0.25) is 23.7 Å². The van der Waals surface area contributed by atoms with E-state index >= 15 is 0 Å². The number of aryl methyl sites for hydroxylation is 1. The quantitative estimate of drug-likeness (QED) is 0.435. The van der Waals surface area contributed by atoms with E-state index in [1.54, 1.807) is 18.2 Å². The molecule has 0 fully saturated rings. The summed E-state index contributed by atoms with van der Waals surface area (Å²) in [5.41, 5.74) is 7.57. The van der Waals surface area contributed by atoms with E-state index in [1.807, 2.05) is 23.6 Å². The number of fused-ring (bicyclic) bond motifs is 1. The van der Waals surface area contributed by atoms with Gasteiger partial charge in [0.1, 0.15) is 17.8 Å². The second-order valence-corrected chi connectivity index (χ2v) is 8.89. The van der Waals surface area contributed by atoms with E-state index in [2.05, 4.69) is 20.9 Å². The van der Waals surface area contributed by atoms with E-state index in [-0.39, 0.29) is 30.6 Å².